The van der Waals surface area contributed by atoms with Crippen LogP contribution in [-0.2, 0) is 6.18 Å². The Hall–Kier alpha value is -1.11. The molecule has 0 spiro atoms. The first kappa shape index (κ1) is 18.9. The van der Waals surface area contributed by atoms with E-state index in [1.807, 2.05) is 4.90 Å². The van der Waals surface area contributed by atoms with Crippen molar-refractivity contribution in [3.63, 3.8) is 0 Å². The highest BCUT2D eigenvalue weighted by atomic mass is 35.5. The van der Waals surface area contributed by atoms with Gasteiger partial charge in [-0.25, -0.2) is 4.39 Å². The molecule has 2 rings (SSSR count). The number of hydrogen-bond acceptors (Lipinski definition) is 2. The Morgan fingerprint density at radius 3 is 2.45 bits per heavy atom. The summed E-state index contributed by atoms with van der Waals surface area (Å²) in [7, 11) is 0. The molecule has 1 N–H and O–H groups in total. The minimum atomic E-state index is -4.56. The lowest BCUT2D eigenvalue weighted by atomic mass is 9.95. The number of piperazine rings is 1. The van der Waals surface area contributed by atoms with Gasteiger partial charge in [0.05, 0.1) is 5.56 Å². The fourth-order valence-corrected chi connectivity index (χ4v) is 2.69. The number of nitrogens with one attached hydrogen (secondary N) is 1. The summed E-state index contributed by atoms with van der Waals surface area (Å²) >= 11 is 0. The maximum Gasteiger partial charge on any atom is 0.416 e. The highest BCUT2D eigenvalue weighted by molar-refractivity contribution is 5.85. The summed E-state index contributed by atoms with van der Waals surface area (Å²) < 4.78 is 52.7. The Morgan fingerprint density at radius 1 is 1.27 bits per heavy atom. The van der Waals surface area contributed by atoms with Gasteiger partial charge in [-0.05, 0) is 24.1 Å². The van der Waals surface area contributed by atoms with E-state index in [0.717, 1.165) is 19.2 Å². The largest absolute Gasteiger partial charge is 0.416 e. The first-order valence-electron chi connectivity index (χ1n) is 6.86. The lowest BCUT2D eigenvalue weighted by molar-refractivity contribution is -0.139. The molecular weight excluding hydrogens is 320 g/mol. The highest BCUT2D eigenvalue weighted by Gasteiger charge is 2.36. The van der Waals surface area contributed by atoms with Crippen LogP contribution in [0, 0.1) is 5.82 Å². The number of hydrogen-bond donors (Lipinski definition) is 1. The Labute approximate surface area is 133 Å². The summed E-state index contributed by atoms with van der Waals surface area (Å²) in [5.74, 6) is -0.872. The van der Waals surface area contributed by atoms with Gasteiger partial charge in [0.15, 0.2) is 0 Å². The van der Waals surface area contributed by atoms with Crippen LogP contribution in [0.2, 0.25) is 0 Å². The normalized spacial score (nSPS) is 17.6. The van der Waals surface area contributed by atoms with E-state index in [1.165, 1.54) is 6.07 Å². The third-order valence-corrected chi connectivity index (χ3v) is 3.66. The van der Waals surface area contributed by atoms with Gasteiger partial charge in [-0.3, -0.25) is 4.90 Å². The van der Waals surface area contributed by atoms with Gasteiger partial charge < -0.3 is 5.32 Å². The van der Waals surface area contributed by atoms with Gasteiger partial charge in [0.25, 0.3) is 0 Å². The predicted octanol–water partition coefficient (Wildman–Crippen LogP) is 3.79. The zero-order chi connectivity index (χ0) is 15.5. The molecule has 1 saturated heterocycles. The van der Waals surface area contributed by atoms with Crippen LogP contribution in [0.4, 0.5) is 17.6 Å². The van der Waals surface area contributed by atoms with Crippen LogP contribution in [0.15, 0.2) is 30.9 Å². The Bertz CT molecular complexity index is 499. The van der Waals surface area contributed by atoms with Gasteiger partial charge in [-0.15, -0.1) is 19.0 Å². The van der Waals surface area contributed by atoms with Crippen molar-refractivity contribution in [2.24, 2.45) is 0 Å². The number of rotatable bonds is 4. The number of nitrogens with zero attached hydrogens (tertiary/aromatic N) is 1. The van der Waals surface area contributed by atoms with E-state index in [2.05, 4.69) is 11.9 Å². The molecule has 0 bridgehead atoms. The summed E-state index contributed by atoms with van der Waals surface area (Å²) in [5, 5.41) is 3.17. The smallest absolute Gasteiger partial charge is 0.314 e. The number of benzene rings is 1. The molecule has 1 aromatic rings. The first-order chi connectivity index (χ1) is 9.93. The van der Waals surface area contributed by atoms with Gasteiger partial charge in [-0.1, -0.05) is 12.1 Å². The quantitative estimate of drug-likeness (QED) is 0.664. The molecule has 0 aromatic heterocycles. The van der Waals surface area contributed by atoms with E-state index < -0.39 is 23.6 Å². The van der Waals surface area contributed by atoms with E-state index in [9.17, 15) is 17.6 Å². The van der Waals surface area contributed by atoms with Crippen molar-refractivity contribution in [2.75, 3.05) is 26.2 Å². The molecule has 1 aliphatic heterocycles. The van der Waals surface area contributed by atoms with Crippen molar-refractivity contribution < 1.29 is 17.6 Å². The van der Waals surface area contributed by atoms with Crippen molar-refractivity contribution in [1.82, 2.24) is 10.2 Å². The van der Waals surface area contributed by atoms with Crippen LogP contribution >= 0.6 is 12.4 Å². The molecule has 1 aliphatic rings. The molecule has 0 radical (unpaired) electrons. The molecule has 1 fully saturated rings. The van der Waals surface area contributed by atoms with Gasteiger partial charge >= 0.3 is 6.18 Å². The monoisotopic (exact) mass is 338 g/mol. The van der Waals surface area contributed by atoms with Crippen LogP contribution in [0.25, 0.3) is 0 Å². The molecule has 1 aromatic carbocycles. The standard InChI is InChI=1S/C15H18F4N2.ClH/c1-2-3-14(21-8-6-20-7-9-21)12-5-4-11(16)10-13(12)15(17,18)19;/h2,4-5,10,14,20H,1,3,6-9H2;1H/t14-;/m0./s1. The van der Waals surface area contributed by atoms with Crippen LogP contribution in [0.5, 0.6) is 0 Å². The van der Waals surface area contributed by atoms with E-state index in [0.29, 0.717) is 25.6 Å². The second kappa shape index (κ2) is 7.94. The lowest BCUT2D eigenvalue weighted by Gasteiger charge is -2.35. The minimum Gasteiger partial charge on any atom is -0.314 e. The van der Waals surface area contributed by atoms with Gasteiger partial charge in [0.1, 0.15) is 5.82 Å². The average molecular weight is 339 g/mol. The Morgan fingerprint density at radius 2 is 1.91 bits per heavy atom. The highest BCUT2D eigenvalue weighted by Crippen LogP contribution is 2.38. The van der Waals surface area contributed by atoms with Crippen LogP contribution in [0.3, 0.4) is 0 Å². The predicted molar refractivity (Wildman–Crippen MR) is 80.6 cm³/mol. The maximum atomic E-state index is 13.2. The fourth-order valence-electron chi connectivity index (χ4n) is 2.69. The third kappa shape index (κ3) is 4.44. The third-order valence-electron chi connectivity index (χ3n) is 3.66. The summed E-state index contributed by atoms with van der Waals surface area (Å²) in [4.78, 5) is 1.99. The molecule has 22 heavy (non-hydrogen) atoms. The van der Waals surface area contributed by atoms with Crippen LogP contribution in [0.1, 0.15) is 23.6 Å². The van der Waals surface area contributed by atoms with Crippen molar-refractivity contribution in [3.8, 4) is 0 Å². The molecule has 0 unspecified atom stereocenters. The Kier molecular flexibility index (Phi) is 6.84. The zero-order valence-electron chi connectivity index (χ0n) is 12.0. The molecular formula is C15H19ClF4N2. The first-order valence-corrected chi connectivity index (χ1v) is 6.86. The average Bonchev–Trinajstić information content (AvgIpc) is 2.45. The molecule has 0 amide bonds. The second-order valence-corrected chi connectivity index (χ2v) is 5.06. The Balaban J connectivity index is 0.00000242. The van der Waals surface area contributed by atoms with Gasteiger partial charge in [0.2, 0.25) is 0 Å². The fraction of sp³-hybridized carbons (Fsp3) is 0.467. The second-order valence-electron chi connectivity index (χ2n) is 5.06. The summed E-state index contributed by atoms with van der Waals surface area (Å²) in [5.41, 5.74) is -0.779. The van der Waals surface area contributed by atoms with Crippen molar-refractivity contribution in [2.45, 2.75) is 18.6 Å². The van der Waals surface area contributed by atoms with Crippen molar-refractivity contribution >= 4 is 12.4 Å². The topological polar surface area (TPSA) is 15.3 Å². The van der Waals surface area contributed by atoms with Crippen molar-refractivity contribution in [3.05, 3.63) is 47.8 Å². The van der Waals surface area contributed by atoms with Gasteiger partial charge in [0, 0.05) is 32.2 Å². The van der Waals surface area contributed by atoms with Crippen LogP contribution in [-0.4, -0.2) is 31.1 Å². The molecule has 7 heteroatoms. The summed E-state index contributed by atoms with van der Waals surface area (Å²) in [6.07, 6.45) is -2.56. The SMILES string of the molecule is C=CC[C@@H](c1ccc(F)cc1C(F)(F)F)N1CCNCC1.Cl. The maximum absolute atomic E-state index is 13.2. The van der Waals surface area contributed by atoms with Crippen LogP contribution < -0.4 is 5.32 Å². The lowest BCUT2D eigenvalue weighted by Crippen LogP contribution is -2.45. The number of alkyl halides is 3. The number of halogens is 5. The summed E-state index contributed by atoms with van der Waals surface area (Å²) in [6.45, 7) is 6.42. The molecule has 1 atom stereocenters. The molecule has 0 saturated carbocycles. The molecule has 0 aliphatic carbocycles. The summed E-state index contributed by atoms with van der Waals surface area (Å²) in [6, 6.07) is 2.48. The van der Waals surface area contributed by atoms with Gasteiger partial charge in [-0.2, -0.15) is 13.2 Å². The van der Waals surface area contributed by atoms with E-state index in [-0.39, 0.29) is 18.0 Å². The van der Waals surface area contributed by atoms with E-state index >= 15 is 0 Å². The minimum absolute atomic E-state index is 0. The zero-order valence-corrected chi connectivity index (χ0v) is 12.8. The molecule has 124 valence electrons. The molecule has 1 heterocycles. The van der Waals surface area contributed by atoms with E-state index in [1.54, 1.807) is 6.08 Å². The molecule has 2 nitrogen and oxygen atoms in total. The van der Waals surface area contributed by atoms with Crippen molar-refractivity contribution in [1.29, 1.82) is 0 Å². The van der Waals surface area contributed by atoms with E-state index in [4.69, 9.17) is 0 Å².